The van der Waals surface area contributed by atoms with Crippen LogP contribution in [0, 0.1) is 10.1 Å². The van der Waals surface area contributed by atoms with Crippen molar-refractivity contribution in [1.82, 2.24) is 0 Å². The third kappa shape index (κ3) is 2.45. The summed E-state index contributed by atoms with van der Waals surface area (Å²) in [5, 5.41) is 19.7. The van der Waals surface area contributed by atoms with Crippen LogP contribution in [0.25, 0.3) is 0 Å². The largest absolute Gasteiger partial charge is 0.391 e. The number of hydrogen-bond donors (Lipinski definition) is 1. The van der Waals surface area contributed by atoms with Crippen molar-refractivity contribution in [2.24, 2.45) is 0 Å². The Morgan fingerprint density at radius 1 is 1.47 bits per heavy atom. The maximum Gasteiger partial charge on any atom is 0.269 e. The molecule has 1 heterocycles. The third-order valence-corrected chi connectivity index (χ3v) is 3.51. The van der Waals surface area contributed by atoms with E-state index in [0.717, 1.165) is 41.7 Å². The molecule has 1 atom stereocenters. The lowest BCUT2D eigenvalue weighted by molar-refractivity contribution is -0.924. The second-order valence-corrected chi connectivity index (χ2v) is 4.91. The fourth-order valence-corrected chi connectivity index (χ4v) is 2.43. The van der Waals surface area contributed by atoms with Gasteiger partial charge in [0.05, 0.1) is 25.1 Å². The number of nitro benzene ring substituents is 1. The monoisotopic (exact) mass is 237 g/mol. The summed E-state index contributed by atoms with van der Waals surface area (Å²) in [4.78, 5) is 10.3. The molecular weight excluding hydrogens is 220 g/mol. The van der Waals surface area contributed by atoms with Gasteiger partial charge in [-0.3, -0.25) is 10.1 Å². The molecule has 5 heteroatoms. The Morgan fingerprint density at radius 2 is 2.24 bits per heavy atom. The van der Waals surface area contributed by atoms with E-state index in [-0.39, 0.29) is 17.2 Å². The van der Waals surface area contributed by atoms with E-state index in [1.807, 2.05) is 6.07 Å². The normalized spacial score (nSPS) is 23.2. The Balaban J connectivity index is 2.25. The molecule has 2 rings (SSSR count). The highest BCUT2D eigenvalue weighted by atomic mass is 16.6. The van der Waals surface area contributed by atoms with E-state index in [0.29, 0.717) is 0 Å². The Labute approximate surface area is 100 Å². The van der Waals surface area contributed by atoms with Gasteiger partial charge in [-0.15, -0.1) is 0 Å². The number of likely N-dealkylation sites (N-methyl/N-ethyl adjacent to an activating group) is 1. The lowest BCUT2D eigenvalue weighted by Gasteiger charge is -2.38. The van der Waals surface area contributed by atoms with Crippen molar-refractivity contribution in [3.8, 4) is 0 Å². The average Bonchev–Trinajstić information content (AvgIpc) is 2.28. The van der Waals surface area contributed by atoms with E-state index in [1.165, 1.54) is 0 Å². The van der Waals surface area contributed by atoms with E-state index < -0.39 is 0 Å². The minimum absolute atomic E-state index is 0.169. The number of hydrogen-bond acceptors (Lipinski definition) is 3. The summed E-state index contributed by atoms with van der Waals surface area (Å²) in [5.41, 5.74) is 2.41. The maximum atomic E-state index is 10.7. The van der Waals surface area contributed by atoms with E-state index in [4.69, 9.17) is 5.11 Å². The molecule has 0 aliphatic carbocycles. The van der Waals surface area contributed by atoms with Gasteiger partial charge in [-0.1, -0.05) is 0 Å². The molecule has 1 aromatic carbocycles. The molecule has 1 N–H and O–H groups in total. The average molecular weight is 237 g/mol. The first-order valence-corrected chi connectivity index (χ1v) is 5.75. The second-order valence-electron chi connectivity index (χ2n) is 4.91. The van der Waals surface area contributed by atoms with Gasteiger partial charge in [0.2, 0.25) is 0 Å². The molecule has 0 radical (unpaired) electrons. The predicted octanol–water partition coefficient (Wildman–Crippen LogP) is 1.09. The molecule has 92 valence electrons. The maximum absolute atomic E-state index is 10.7. The van der Waals surface area contributed by atoms with Crippen LogP contribution in [0.5, 0.6) is 0 Å². The molecule has 0 bridgehead atoms. The van der Waals surface area contributed by atoms with Crippen molar-refractivity contribution in [3.05, 3.63) is 39.4 Å². The van der Waals surface area contributed by atoms with Crippen molar-refractivity contribution >= 4 is 5.69 Å². The number of aliphatic hydroxyl groups is 1. The Bertz CT molecular complexity index is 447. The molecule has 1 aromatic rings. The highest BCUT2D eigenvalue weighted by Crippen LogP contribution is 2.26. The molecule has 5 nitrogen and oxygen atoms in total. The first kappa shape index (κ1) is 12.0. The van der Waals surface area contributed by atoms with Crippen LogP contribution in [-0.2, 0) is 13.0 Å². The number of nitrogens with zero attached hydrogens (tertiary/aromatic N) is 2. The molecule has 17 heavy (non-hydrogen) atoms. The van der Waals surface area contributed by atoms with Gasteiger partial charge >= 0.3 is 0 Å². The summed E-state index contributed by atoms with van der Waals surface area (Å²) in [7, 11) is 2.11. The highest BCUT2D eigenvalue weighted by Gasteiger charge is 2.28. The number of fused-ring (bicyclic) bond motifs is 1. The van der Waals surface area contributed by atoms with Gasteiger partial charge in [0.25, 0.3) is 5.69 Å². The molecule has 1 aliphatic heterocycles. The molecule has 0 amide bonds. The van der Waals surface area contributed by atoms with Crippen LogP contribution < -0.4 is 0 Å². The van der Waals surface area contributed by atoms with Crippen molar-refractivity contribution in [2.45, 2.75) is 13.0 Å². The summed E-state index contributed by atoms with van der Waals surface area (Å²) in [6.07, 6.45) is 0.841. The summed E-state index contributed by atoms with van der Waals surface area (Å²) < 4.78 is 0.807. The van der Waals surface area contributed by atoms with Gasteiger partial charge in [-0.05, 0) is 11.6 Å². The number of rotatable bonds is 3. The van der Waals surface area contributed by atoms with Crippen molar-refractivity contribution in [2.75, 3.05) is 26.7 Å². The SMILES string of the molecule is C[N+]1(CCO)CCc2cc([N+](=O)[O-])ccc2C1. The minimum Gasteiger partial charge on any atom is -0.391 e. The highest BCUT2D eigenvalue weighted by molar-refractivity contribution is 5.40. The van der Waals surface area contributed by atoms with Crippen LogP contribution in [0.2, 0.25) is 0 Å². The molecule has 0 aromatic heterocycles. The zero-order chi connectivity index (χ0) is 12.5. The molecular formula is C12H17N2O3+. The number of nitro groups is 1. The first-order chi connectivity index (χ1) is 8.04. The van der Waals surface area contributed by atoms with Crippen LogP contribution in [0.4, 0.5) is 5.69 Å². The van der Waals surface area contributed by atoms with E-state index >= 15 is 0 Å². The van der Waals surface area contributed by atoms with Gasteiger partial charge in [0.15, 0.2) is 0 Å². The Morgan fingerprint density at radius 3 is 2.88 bits per heavy atom. The van der Waals surface area contributed by atoms with Crippen LogP contribution >= 0.6 is 0 Å². The summed E-state index contributed by atoms with van der Waals surface area (Å²) >= 11 is 0. The fraction of sp³-hybridized carbons (Fsp3) is 0.500. The molecule has 1 aliphatic rings. The van der Waals surface area contributed by atoms with Gasteiger partial charge in [-0.2, -0.15) is 0 Å². The van der Waals surface area contributed by atoms with Crippen LogP contribution in [0.1, 0.15) is 11.1 Å². The Hall–Kier alpha value is -1.46. The molecule has 0 saturated heterocycles. The number of quaternary nitrogens is 1. The van der Waals surface area contributed by atoms with Crippen LogP contribution in [-0.4, -0.2) is 41.3 Å². The van der Waals surface area contributed by atoms with Crippen molar-refractivity contribution in [1.29, 1.82) is 0 Å². The summed E-state index contributed by atoms with van der Waals surface area (Å²) in [6, 6.07) is 5.09. The Kier molecular flexibility index (Phi) is 3.13. The van der Waals surface area contributed by atoms with Gasteiger partial charge in [0, 0.05) is 24.1 Å². The van der Waals surface area contributed by atoms with Gasteiger partial charge < -0.3 is 9.59 Å². The fourth-order valence-electron chi connectivity index (χ4n) is 2.43. The number of benzene rings is 1. The second kappa shape index (κ2) is 4.43. The van der Waals surface area contributed by atoms with E-state index in [9.17, 15) is 10.1 Å². The van der Waals surface area contributed by atoms with Crippen LogP contribution in [0.3, 0.4) is 0 Å². The minimum atomic E-state index is -0.351. The van der Waals surface area contributed by atoms with Gasteiger partial charge in [0.1, 0.15) is 13.1 Å². The lowest BCUT2D eigenvalue weighted by atomic mass is 9.97. The van der Waals surface area contributed by atoms with E-state index in [1.54, 1.807) is 12.1 Å². The van der Waals surface area contributed by atoms with Gasteiger partial charge in [-0.25, -0.2) is 0 Å². The molecule has 0 spiro atoms. The topological polar surface area (TPSA) is 63.4 Å². The lowest BCUT2D eigenvalue weighted by Crippen LogP contribution is -2.49. The smallest absolute Gasteiger partial charge is 0.269 e. The number of non-ortho nitro benzene ring substituents is 1. The zero-order valence-corrected chi connectivity index (χ0v) is 9.93. The summed E-state index contributed by atoms with van der Waals surface area (Å²) in [6.45, 7) is 2.68. The third-order valence-electron chi connectivity index (χ3n) is 3.51. The molecule has 1 unspecified atom stereocenters. The van der Waals surface area contributed by atoms with Crippen molar-refractivity contribution < 1.29 is 14.5 Å². The standard InChI is InChI=1S/C12H17N2O3/c1-14(6-7-15)5-4-10-8-12(13(16)17)3-2-11(10)9-14/h2-3,8,15H,4-7,9H2,1H3/q+1. The molecule has 0 fully saturated rings. The van der Waals surface area contributed by atoms with E-state index in [2.05, 4.69) is 7.05 Å². The van der Waals surface area contributed by atoms with Crippen molar-refractivity contribution in [3.63, 3.8) is 0 Å². The quantitative estimate of drug-likeness (QED) is 0.486. The van der Waals surface area contributed by atoms with Crippen LogP contribution in [0.15, 0.2) is 18.2 Å². The zero-order valence-electron chi connectivity index (χ0n) is 9.93. The first-order valence-electron chi connectivity index (χ1n) is 5.75. The number of aliphatic hydroxyl groups excluding tert-OH is 1. The predicted molar refractivity (Wildman–Crippen MR) is 63.5 cm³/mol. The summed E-state index contributed by atoms with van der Waals surface area (Å²) in [5.74, 6) is 0. The molecule has 0 saturated carbocycles.